The monoisotopic (exact) mass is 472 g/mol. The molecule has 0 radical (unpaired) electrons. The largest absolute Gasteiger partial charge is 0.464 e. The van der Waals surface area contributed by atoms with Gasteiger partial charge in [-0.25, -0.2) is 4.98 Å². The second-order valence-corrected chi connectivity index (χ2v) is 6.73. The minimum absolute atomic E-state index is 0.0281. The fraction of sp³-hybridized carbons (Fsp3) is 0.286. The zero-order chi connectivity index (χ0) is 25.0. The van der Waals surface area contributed by atoms with Crippen LogP contribution in [0.2, 0.25) is 0 Å². The number of fused-ring (bicyclic) bond motifs is 1. The summed E-state index contributed by atoms with van der Waals surface area (Å²) in [6, 6.07) is 6.74. The maximum absolute atomic E-state index is 12.6. The first kappa shape index (κ1) is 25.5. The lowest BCUT2D eigenvalue weighted by Crippen LogP contribution is -2.17. The Morgan fingerprint density at radius 3 is 2.36 bits per heavy atom. The summed E-state index contributed by atoms with van der Waals surface area (Å²) in [4.78, 5) is 15.1. The molecule has 0 saturated heterocycles. The van der Waals surface area contributed by atoms with Crippen LogP contribution in [0.5, 0.6) is 0 Å². The van der Waals surface area contributed by atoms with Crippen molar-refractivity contribution < 1.29 is 35.6 Å². The van der Waals surface area contributed by atoms with Gasteiger partial charge in [0.05, 0.1) is 11.8 Å². The molecule has 0 aliphatic carbocycles. The van der Waals surface area contributed by atoms with Crippen LogP contribution in [0.15, 0.2) is 34.9 Å². The Balaban J connectivity index is 0.000000243. The number of nitriles is 1. The quantitative estimate of drug-likeness (QED) is 0.386. The number of benzene rings is 1. The third-order valence-electron chi connectivity index (χ3n) is 4.39. The molecular formula is C21H18F6N4O2. The van der Waals surface area contributed by atoms with Crippen molar-refractivity contribution in [3.8, 4) is 6.07 Å². The molecule has 0 unspecified atom stereocenters. The van der Waals surface area contributed by atoms with Crippen LogP contribution in [0.25, 0.3) is 11.0 Å². The normalized spacial score (nSPS) is 11.4. The summed E-state index contributed by atoms with van der Waals surface area (Å²) in [5.41, 5.74) is -1.51. The average molecular weight is 472 g/mol. The fourth-order valence-electron chi connectivity index (χ4n) is 2.75. The highest BCUT2D eigenvalue weighted by Crippen LogP contribution is 2.38. The number of hydrogen-bond donors (Lipinski definition) is 1. The van der Waals surface area contributed by atoms with E-state index >= 15 is 0 Å². The molecule has 1 aromatic carbocycles. The van der Waals surface area contributed by atoms with E-state index in [1.54, 1.807) is 13.3 Å². The van der Waals surface area contributed by atoms with Crippen LogP contribution in [-0.2, 0) is 17.1 Å². The molecule has 12 heteroatoms. The predicted molar refractivity (Wildman–Crippen MR) is 109 cm³/mol. The van der Waals surface area contributed by atoms with Gasteiger partial charge in [0, 0.05) is 24.7 Å². The second kappa shape index (κ2) is 9.81. The minimum Gasteiger partial charge on any atom is -0.464 e. The summed E-state index contributed by atoms with van der Waals surface area (Å²) in [5, 5.41) is 11.9. The highest BCUT2D eigenvalue weighted by molar-refractivity contribution is 5.87. The van der Waals surface area contributed by atoms with E-state index in [1.165, 1.54) is 17.9 Å². The summed E-state index contributed by atoms with van der Waals surface area (Å²) in [6.07, 6.45) is -7.59. The molecule has 0 aliphatic rings. The van der Waals surface area contributed by atoms with Gasteiger partial charge >= 0.3 is 12.4 Å². The number of halogens is 6. The standard InChI is InChI=1S/C11H11NO2.C10H7F6N3/c1-8-6-14-11-4-3-9(5-10(8)11)12(2)7-13;1-2-18-8-5(4-17)6(9(11,12)13)3-7(19-8)10(14,15)16/h3-7H,1-2H3;3H,2H2,1H3,(H,18,19). The SMILES string of the molecule is CCNc1nc(C(F)(F)F)cc(C(F)(F)F)c1C#N.Cc1coc2ccc(N(C)C=O)cc12. The van der Waals surface area contributed by atoms with Crippen molar-refractivity contribution in [3.63, 3.8) is 0 Å². The number of alkyl halides is 6. The van der Waals surface area contributed by atoms with Crippen LogP contribution < -0.4 is 10.2 Å². The van der Waals surface area contributed by atoms with E-state index in [2.05, 4.69) is 10.3 Å². The number of carbonyl (C=O) groups excluding carboxylic acids is 1. The lowest BCUT2D eigenvalue weighted by molar-refractivity contribution is -0.145. The van der Waals surface area contributed by atoms with Crippen LogP contribution >= 0.6 is 0 Å². The molecule has 0 fully saturated rings. The van der Waals surface area contributed by atoms with Crippen molar-refractivity contribution in [1.82, 2.24) is 4.98 Å². The number of furan rings is 1. The van der Waals surface area contributed by atoms with E-state index < -0.39 is 35.0 Å². The molecule has 33 heavy (non-hydrogen) atoms. The number of hydrogen-bond acceptors (Lipinski definition) is 5. The smallest absolute Gasteiger partial charge is 0.433 e. The van der Waals surface area contributed by atoms with E-state index in [-0.39, 0.29) is 12.6 Å². The second-order valence-electron chi connectivity index (χ2n) is 6.73. The highest BCUT2D eigenvalue weighted by Gasteiger charge is 2.41. The molecule has 3 rings (SSSR count). The van der Waals surface area contributed by atoms with Crippen molar-refractivity contribution in [2.45, 2.75) is 26.2 Å². The number of rotatable bonds is 4. The first-order valence-corrected chi connectivity index (χ1v) is 9.32. The summed E-state index contributed by atoms with van der Waals surface area (Å²) in [7, 11) is 1.73. The first-order chi connectivity index (χ1) is 15.3. The molecule has 176 valence electrons. The number of nitrogens with one attached hydrogen (secondary N) is 1. The number of amides is 1. The topological polar surface area (TPSA) is 82.2 Å². The zero-order valence-electron chi connectivity index (χ0n) is 17.6. The van der Waals surface area contributed by atoms with Crippen LogP contribution in [0.1, 0.15) is 29.3 Å². The maximum Gasteiger partial charge on any atom is 0.433 e. The fourth-order valence-corrected chi connectivity index (χ4v) is 2.75. The van der Waals surface area contributed by atoms with Crippen LogP contribution in [0, 0.1) is 18.3 Å². The van der Waals surface area contributed by atoms with Crippen LogP contribution in [0.3, 0.4) is 0 Å². The Morgan fingerprint density at radius 1 is 1.18 bits per heavy atom. The molecule has 3 aromatic rings. The van der Waals surface area contributed by atoms with Crippen LogP contribution in [-0.4, -0.2) is 25.0 Å². The van der Waals surface area contributed by atoms with Crippen molar-refractivity contribution in [3.05, 3.63) is 52.9 Å². The summed E-state index contributed by atoms with van der Waals surface area (Å²) >= 11 is 0. The zero-order valence-corrected chi connectivity index (χ0v) is 17.6. The van der Waals surface area contributed by atoms with Gasteiger partial charge in [0.1, 0.15) is 28.7 Å². The van der Waals surface area contributed by atoms with Crippen molar-refractivity contribution in [2.24, 2.45) is 0 Å². The first-order valence-electron chi connectivity index (χ1n) is 9.32. The molecular weight excluding hydrogens is 454 g/mol. The Kier molecular flexibility index (Phi) is 7.58. The van der Waals surface area contributed by atoms with Gasteiger partial charge in [-0.1, -0.05) is 0 Å². The van der Waals surface area contributed by atoms with Gasteiger partial charge in [0.25, 0.3) is 0 Å². The van der Waals surface area contributed by atoms with E-state index in [9.17, 15) is 31.1 Å². The number of anilines is 2. The number of nitrogens with zero attached hydrogens (tertiary/aromatic N) is 3. The third-order valence-corrected chi connectivity index (χ3v) is 4.39. The molecule has 0 saturated carbocycles. The predicted octanol–water partition coefficient (Wildman–Crippen LogP) is 5.76. The van der Waals surface area contributed by atoms with Crippen LogP contribution in [0.4, 0.5) is 37.8 Å². The molecule has 0 aliphatic heterocycles. The summed E-state index contributed by atoms with van der Waals surface area (Å²) in [6.45, 7) is 3.47. The molecule has 2 aromatic heterocycles. The lowest BCUT2D eigenvalue weighted by atomic mass is 10.1. The summed E-state index contributed by atoms with van der Waals surface area (Å²) < 4.78 is 80.7. The van der Waals surface area contributed by atoms with Gasteiger partial charge in [-0.3, -0.25) is 4.79 Å². The van der Waals surface area contributed by atoms with Crippen molar-refractivity contribution in [1.29, 1.82) is 5.26 Å². The lowest BCUT2D eigenvalue weighted by Gasteiger charge is -2.15. The molecule has 1 N–H and O–H groups in total. The van der Waals surface area contributed by atoms with Gasteiger partial charge in [-0.15, -0.1) is 0 Å². The Morgan fingerprint density at radius 2 is 1.85 bits per heavy atom. The van der Waals surface area contributed by atoms with E-state index in [1.807, 2.05) is 25.1 Å². The number of aryl methyl sites for hydroxylation is 1. The van der Waals surface area contributed by atoms with Gasteiger partial charge < -0.3 is 14.6 Å². The third kappa shape index (κ3) is 5.94. The molecule has 2 heterocycles. The van der Waals surface area contributed by atoms with Gasteiger partial charge in [-0.2, -0.15) is 31.6 Å². The van der Waals surface area contributed by atoms with E-state index in [0.29, 0.717) is 0 Å². The van der Waals surface area contributed by atoms with Gasteiger partial charge in [0.2, 0.25) is 6.41 Å². The number of pyridine rings is 1. The Bertz CT molecular complexity index is 1180. The van der Waals surface area contributed by atoms with Crippen molar-refractivity contribution in [2.75, 3.05) is 23.8 Å². The molecule has 1 amide bonds. The van der Waals surface area contributed by atoms with Crippen molar-refractivity contribution >= 4 is 28.9 Å². The van der Waals surface area contributed by atoms with Gasteiger partial charge in [0.15, 0.2) is 0 Å². The van der Waals surface area contributed by atoms with E-state index in [0.717, 1.165) is 28.6 Å². The van der Waals surface area contributed by atoms with Gasteiger partial charge in [-0.05, 0) is 43.7 Å². The minimum atomic E-state index is -5.07. The number of aromatic nitrogens is 1. The molecule has 0 spiro atoms. The average Bonchev–Trinajstić information content (AvgIpc) is 3.12. The maximum atomic E-state index is 12.6. The molecule has 6 nitrogen and oxygen atoms in total. The Hall–Kier alpha value is -3.75. The molecule has 0 bridgehead atoms. The van der Waals surface area contributed by atoms with E-state index in [4.69, 9.17) is 9.68 Å². The molecule has 0 atom stereocenters. The summed E-state index contributed by atoms with van der Waals surface area (Å²) in [5.74, 6) is -0.729. The highest BCUT2D eigenvalue weighted by atomic mass is 19.4. The Labute approximate surface area is 184 Å². The number of carbonyl (C=O) groups is 1.